The zero-order chi connectivity index (χ0) is 18.1. The molecule has 0 aromatic heterocycles. The smallest absolute Gasteiger partial charge is 0.222 e. The number of Topliss-reactive ketones (excluding diaryl/α,β-unsaturated/α-hetero) is 1. The zero-order valence-corrected chi connectivity index (χ0v) is 14.3. The van der Waals surface area contributed by atoms with Gasteiger partial charge < -0.3 is 4.74 Å². The summed E-state index contributed by atoms with van der Waals surface area (Å²) in [5.74, 6) is -0.560. The summed E-state index contributed by atoms with van der Waals surface area (Å²) in [7, 11) is 0. The summed E-state index contributed by atoms with van der Waals surface area (Å²) in [4.78, 5) is 15.8. The van der Waals surface area contributed by atoms with E-state index in [1.165, 1.54) is 23.8 Å². The molecule has 2 aliphatic rings. The second kappa shape index (κ2) is 6.98. The third-order valence-corrected chi connectivity index (χ3v) is 5.16. The minimum Gasteiger partial charge on any atom is -0.475 e. The van der Waals surface area contributed by atoms with E-state index in [0.29, 0.717) is 24.5 Å². The standard InChI is InChI=1S/C21H19F2NO2/c22-17-2-1-3-18(23)20(17)21-24-19(12-26-21)15-6-4-13(5-7-15)14-8-10-16(25)11-9-14/h1-7,14,19H,8-12H2. The van der Waals surface area contributed by atoms with Crippen LogP contribution >= 0.6 is 0 Å². The van der Waals surface area contributed by atoms with E-state index < -0.39 is 11.6 Å². The fourth-order valence-electron chi connectivity index (χ4n) is 3.65. The van der Waals surface area contributed by atoms with Crippen molar-refractivity contribution in [2.75, 3.05) is 6.61 Å². The Morgan fingerprint density at radius 1 is 0.923 bits per heavy atom. The van der Waals surface area contributed by atoms with Crippen LogP contribution in [0.3, 0.4) is 0 Å². The molecule has 134 valence electrons. The zero-order valence-electron chi connectivity index (χ0n) is 14.3. The van der Waals surface area contributed by atoms with Gasteiger partial charge in [-0.25, -0.2) is 13.8 Å². The summed E-state index contributed by atoms with van der Waals surface area (Å²) in [6.07, 6.45) is 3.12. The molecular formula is C21H19F2NO2. The minimum absolute atomic E-state index is 0.0143. The number of ether oxygens (including phenoxy) is 1. The van der Waals surface area contributed by atoms with E-state index >= 15 is 0 Å². The molecule has 26 heavy (non-hydrogen) atoms. The maximum absolute atomic E-state index is 13.9. The van der Waals surface area contributed by atoms with Gasteiger partial charge in [0.25, 0.3) is 0 Å². The molecule has 0 spiro atoms. The van der Waals surface area contributed by atoms with Crippen LogP contribution in [-0.2, 0) is 9.53 Å². The lowest BCUT2D eigenvalue weighted by molar-refractivity contribution is -0.120. The first kappa shape index (κ1) is 16.9. The maximum Gasteiger partial charge on any atom is 0.222 e. The quantitative estimate of drug-likeness (QED) is 0.800. The van der Waals surface area contributed by atoms with Gasteiger partial charge >= 0.3 is 0 Å². The van der Waals surface area contributed by atoms with Gasteiger partial charge in [0.2, 0.25) is 5.90 Å². The number of rotatable bonds is 3. The summed E-state index contributed by atoms with van der Waals surface area (Å²) in [5.41, 5.74) is 1.97. The number of hydrogen-bond donors (Lipinski definition) is 0. The van der Waals surface area contributed by atoms with E-state index in [0.717, 1.165) is 18.4 Å². The van der Waals surface area contributed by atoms with Crippen molar-refractivity contribution in [2.45, 2.75) is 37.6 Å². The topological polar surface area (TPSA) is 38.7 Å². The molecule has 1 saturated carbocycles. The number of aliphatic imine (C=N–C) groups is 1. The Hall–Kier alpha value is -2.56. The Morgan fingerprint density at radius 3 is 2.19 bits per heavy atom. The summed E-state index contributed by atoms with van der Waals surface area (Å²) in [5, 5.41) is 0. The molecule has 1 aliphatic heterocycles. The Kier molecular flexibility index (Phi) is 4.53. The first-order valence-electron chi connectivity index (χ1n) is 8.88. The summed E-state index contributed by atoms with van der Waals surface area (Å²) in [6, 6.07) is 11.5. The maximum atomic E-state index is 13.9. The van der Waals surface area contributed by atoms with E-state index in [4.69, 9.17) is 4.74 Å². The normalized spacial score (nSPS) is 20.8. The Balaban J connectivity index is 1.52. The first-order valence-corrected chi connectivity index (χ1v) is 8.88. The molecule has 1 atom stereocenters. The number of hydrogen-bond acceptors (Lipinski definition) is 3. The molecule has 2 aromatic carbocycles. The number of carbonyl (C=O) groups excluding carboxylic acids is 1. The molecule has 3 nitrogen and oxygen atoms in total. The van der Waals surface area contributed by atoms with Gasteiger partial charge in [0.15, 0.2) is 0 Å². The number of halogens is 2. The molecule has 0 radical (unpaired) electrons. The van der Waals surface area contributed by atoms with E-state index in [1.54, 1.807) is 0 Å². The molecule has 0 bridgehead atoms. The van der Waals surface area contributed by atoms with Gasteiger partial charge in [-0.1, -0.05) is 30.3 Å². The average Bonchev–Trinajstić information content (AvgIpc) is 3.12. The molecule has 1 aliphatic carbocycles. The van der Waals surface area contributed by atoms with Crippen LogP contribution in [0.15, 0.2) is 47.5 Å². The van der Waals surface area contributed by atoms with Gasteiger partial charge in [-0.05, 0) is 42.0 Å². The molecule has 2 aromatic rings. The first-order chi connectivity index (χ1) is 12.6. The SMILES string of the molecule is O=C1CCC(c2ccc(C3COC(c4c(F)cccc4F)=N3)cc2)CC1. The van der Waals surface area contributed by atoms with Crippen molar-refractivity contribution < 1.29 is 18.3 Å². The molecule has 0 amide bonds. The second-order valence-electron chi connectivity index (χ2n) is 6.84. The van der Waals surface area contributed by atoms with E-state index in [1.807, 2.05) is 12.1 Å². The highest BCUT2D eigenvalue weighted by Gasteiger charge is 2.26. The highest BCUT2D eigenvalue weighted by molar-refractivity contribution is 5.95. The predicted octanol–water partition coefficient (Wildman–Crippen LogP) is 4.71. The third-order valence-electron chi connectivity index (χ3n) is 5.16. The fraction of sp³-hybridized carbons (Fsp3) is 0.333. The second-order valence-corrected chi connectivity index (χ2v) is 6.84. The van der Waals surface area contributed by atoms with E-state index in [2.05, 4.69) is 17.1 Å². The van der Waals surface area contributed by atoms with Crippen LogP contribution < -0.4 is 0 Å². The van der Waals surface area contributed by atoms with Gasteiger partial charge in [0, 0.05) is 12.8 Å². The van der Waals surface area contributed by atoms with E-state index in [-0.39, 0.29) is 24.1 Å². The van der Waals surface area contributed by atoms with Gasteiger partial charge in [-0.3, -0.25) is 4.79 Å². The number of carbonyl (C=O) groups is 1. The molecular weight excluding hydrogens is 336 g/mol. The predicted molar refractivity (Wildman–Crippen MR) is 94.2 cm³/mol. The van der Waals surface area contributed by atoms with Gasteiger partial charge in [-0.15, -0.1) is 0 Å². The number of nitrogens with zero attached hydrogens (tertiary/aromatic N) is 1. The van der Waals surface area contributed by atoms with Crippen molar-refractivity contribution in [1.82, 2.24) is 0 Å². The van der Waals surface area contributed by atoms with Crippen molar-refractivity contribution in [3.63, 3.8) is 0 Å². The lowest BCUT2D eigenvalue weighted by Gasteiger charge is -2.21. The van der Waals surface area contributed by atoms with Crippen molar-refractivity contribution >= 4 is 11.7 Å². The molecule has 5 heteroatoms. The van der Waals surface area contributed by atoms with E-state index in [9.17, 15) is 13.6 Å². The highest BCUT2D eigenvalue weighted by Crippen LogP contribution is 2.33. The Bertz CT molecular complexity index is 831. The lowest BCUT2D eigenvalue weighted by Crippen LogP contribution is -2.12. The van der Waals surface area contributed by atoms with Gasteiger partial charge in [0.1, 0.15) is 35.6 Å². The number of ketones is 1. The summed E-state index contributed by atoms with van der Waals surface area (Å²) < 4.78 is 33.2. The van der Waals surface area contributed by atoms with Crippen LogP contribution in [0.5, 0.6) is 0 Å². The Labute approximate surface area is 150 Å². The van der Waals surface area contributed by atoms with Crippen LogP contribution in [0.25, 0.3) is 0 Å². The van der Waals surface area contributed by atoms with Crippen molar-refractivity contribution in [1.29, 1.82) is 0 Å². The molecule has 1 unspecified atom stereocenters. The monoisotopic (exact) mass is 355 g/mol. The Morgan fingerprint density at radius 2 is 1.54 bits per heavy atom. The largest absolute Gasteiger partial charge is 0.475 e. The van der Waals surface area contributed by atoms with Crippen molar-refractivity contribution in [3.8, 4) is 0 Å². The van der Waals surface area contributed by atoms with Gasteiger partial charge in [0.05, 0.1) is 0 Å². The fourth-order valence-corrected chi connectivity index (χ4v) is 3.65. The lowest BCUT2D eigenvalue weighted by atomic mass is 9.83. The van der Waals surface area contributed by atoms with Crippen LogP contribution in [0.4, 0.5) is 8.78 Å². The van der Waals surface area contributed by atoms with Gasteiger partial charge in [-0.2, -0.15) is 0 Å². The van der Waals surface area contributed by atoms with Crippen molar-refractivity contribution in [3.05, 3.63) is 70.8 Å². The van der Waals surface area contributed by atoms with Crippen LogP contribution in [0.2, 0.25) is 0 Å². The van der Waals surface area contributed by atoms with Crippen LogP contribution in [0.1, 0.15) is 54.3 Å². The van der Waals surface area contributed by atoms with Crippen LogP contribution in [0, 0.1) is 11.6 Å². The molecule has 0 N–H and O–H groups in total. The minimum atomic E-state index is -0.674. The summed E-state index contributed by atoms with van der Waals surface area (Å²) >= 11 is 0. The van der Waals surface area contributed by atoms with Crippen LogP contribution in [-0.4, -0.2) is 18.3 Å². The molecule has 0 saturated heterocycles. The highest BCUT2D eigenvalue weighted by atomic mass is 19.1. The molecule has 1 fully saturated rings. The molecule has 4 rings (SSSR count). The third kappa shape index (κ3) is 3.26. The number of benzene rings is 2. The summed E-state index contributed by atoms with van der Waals surface area (Å²) in [6.45, 7) is 0.264. The van der Waals surface area contributed by atoms with Crippen molar-refractivity contribution in [2.24, 2.45) is 4.99 Å². The molecule has 1 heterocycles. The average molecular weight is 355 g/mol.